The SMILES string of the molecule is C=S1(=O)CCC(C(=O)N2CCN(c3ccccn3)CC2c2cccc(F)c2F)CC1.C=S1(=O)CCC(C(=O)N2CCN(c3ncc(F)cn3)CC2c2cccc(F)c2F)CC1.C=S1(=O)CCC(C(=O)N2CCN(c3ncccn3)CC2c2cccc(F)c2F)CC1. The Kier molecular flexibility index (Phi) is 20.7. The molecule has 0 saturated carbocycles. The molecule has 6 fully saturated rings. The van der Waals surface area contributed by atoms with E-state index in [2.05, 4.69) is 42.5 Å². The Hall–Kier alpha value is -7.65. The summed E-state index contributed by atoms with van der Waals surface area (Å²) in [4.78, 5) is 71.3. The minimum Gasteiger partial charge on any atom is -0.352 e. The number of amides is 3. The third kappa shape index (κ3) is 15.8. The maximum Gasteiger partial charge on any atom is 0.226 e. The van der Waals surface area contributed by atoms with Gasteiger partial charge in [0, 0.05) is 146 Å². The number of aromatic nitrogens is 5. The molecular formula is C64H72F7N11O6S3. The van der Waals surface area contributed by atoms with Crippen molar-refractivity contribution in [2.45, 2.75) is 56.7 Å². The summed E-state index contributed by atoms with van der Waals surface area (Å²) >= 11 is 0. The maximum atomic E-state index is 14.7. The maximum absolute atomic E-state index is 14.7. The van der Waals surface area contributed by atoms with Crippen LogP contribution < -0.4 is 14.7 Å². The summed E-state index contributed by atoms with van der Waals surface area (Å²) in [5, 5.41) is 0. The zero-order valence-corrected chi connectivity index (χ0v) is 52.5. The van der Waals surface area contributed by atoms with Gasteiger partial charge in [0.25, 0.3) is 0 Å². The summed E-state index contributed by atoms with van der Waals surface area (Å²) in [6, 6.07) is 17.2. The van der Waals surface area contributed by atoms with Crippen LogP contribution in [-0.2, 0) is 42.9 Å². The molecule has 9 heterocycles. The number of nitrogens with zero attached hydrogens (tertiary/aromatic N) is 11. The number of pyridine rings is 1. The highest BCUT2D eigenvalue weighted by Gasteiger charge is 2.42. The van der Waals surface area contributed by atoms with E-state index in [-0.39, 0.29) is 77.7 Å². The molecule has 6 aliphatic heterocycles. The summed E-state index contributed by atoms with van der Waals surface area (Å²) in [5.41, 5.74) is 0.374. The molecule has 0 N–H and O–H groups in total. The van der Waals surface area contributed by atoms with E-state index in [9.17, 15) is 57.7 Å². The molecule has 27 heteroatoms. The Morgan fingerprint density at radius 3 is 1.08 bits per heavy atom. The van der Waals surface area contributed by atoms with Gasteiger partial charge in [-0.2, -0.15) is 0 Å². The van der Waals surface area contributed by atoms with Crippen LogP contribution in [-0.4, -0.2) is 181 Å². The van der Waals surface area contributed by atoms with Crippen LogP contribution in [0.5, 0.6) is 0 Å². The van der Waals surface area contributed by atoms with Gasteiger partial charge < -0.3 is 29.4 Å². The Morgan fingerprint density at radius 2 is 0.725 bits per heavy atom. The number of carbonyl (C=O) groups excluding carboxylic acids is 3. The van der Waals surface area contributed by atoms with Gasteiger partial charge in [0.05, 0.1) is 30.5 Å². The molecule has 0 spiro atoms. The van der Waals surface area contributed by atoms with Crippen LogP contribution in [0.4, 0.5) is 48.4 Å². The van der Waals surface area contributed by atoms with E-state index in [1.54, 1.807) is 44.3 Å². The summed E-state index contributed by atoms with van der Waals surface area (Å²) < 4.78 is 136. The van der Waals surface area contributed by atoms with Gasteiger partial charge in [-0.05, 0) is 121 Å². The summed E-state index contributed by atoms with van der Waals surface area (Å²) in [7, 11) is -6.35. The van der Waals surface area contributed by atoms with Crippen LogP contribution in [0.3, 0.4) is 0 Å². The second-order valence-corrected chi connectivity index (χ2v) is 32.0. The van der Waals surface area contributed by atoms with E-state index in [1.807, 2.05) is 28.0 Å². The third-order valence-corrected chi connectivity index (χ3v) is 23.7. The van der Waals surface area contributed by atoms with Crippen LogP contribution in [0, 0.1) is 58.5 Å². The van der Waals surface area contributed by atoms with Crippen molar-refractivity contribution in [2.75, 3.05) is 108 Å². The summed E-state index contributed by atoms with van der Waals surface area (Å²) in [6.07, 6.45) is 9.95. The Labute approximate surface area is 526 Å². The number of piperazine rings is 3. The molecule has 3 amide bonds. The van der Waals surface area contributed by atoms with Crippen molar-refractivity contribution < 1.29 is 57.7 Å². The number of anilines is 3. The molecule has 6 aromatic rings. The number of carbonyl (C=O) groups is 3. The fourth-order valence-electron chi connectivity index (χ4n) is 12.6. The molecule has 3 unspecified atom stereocenters. The molecule has 0 aliphatic carbocycles. The molecular weight excluding hydrogens is 1250 g/mol. The van der Waals surface area contributed by atoms with Gasteiger partial charge in [-0.3, -0.25) is 27.0 Å². The molecule has 12 rings (SSSR count). The number of hydrogen-bond acceptors (Lipinski definition) is 14. The van der Waals surface area contributed by atoms with Crippen LogP contribution >= 0.6 is 0 Å². The van der Waals surface area contributed by atoms with E-state index in [0.29, 0.717) is 118 Å². The fraction of sp³-hybridized carbons (Fsp3) is 0.422. The Bertz CT molecular complexity index is 3740. The first kappa shape index (κ1) is 66.3. The van der Waals surface area contributed by atoms with E-state index in [0.717, 1.165) is 36.4 Å². The zero-order chi connectivity index (χ0) is 64.8. The van der Waals surface area contributed by atoms with Gasteiger partial charge in [0.2, 0.25) is 29.6 Å². The van der Waals surface area contributed by atoms with E-state index < -0.39 is 87.4 Å². The average molecular weight is 1320 g/mol. The van der Waals surface area contributed by atoms with Crippen molar-refractivity contribution in [1.29, 1.82) is 0 Å². The monoisotopic (exact) mass is 1320 g/mol. The second-order valence-electron chi connectivity index (χ2n) is 23.8. The first-order valence-corrected chi connectivity index (χ1v) is 36.3. The molecule has 6 aliphatic rings. The Balaban J connectivity index is 0.000000150. The van der Waals surface area contributed by atoms with Gasteiger partial charge in [0.1, 0.15) is 5.82 Å². The topological polar surface area (TPSA) is 186 Å². The van der Waals surface area contributed by atoms with E-state index >= 15 is 0 Å². The van der Waals surface area contributed by atoms with Gasteiger partial charge in [-0.15, -0.1) is 0 Å². The number of rotatable bonds is 9. The van der Waals surface area contributed by atoms with Crippen molar-refractivity contribution in [3.63, 3.8) is 0 Å². The molecule has 0 radical (unpaired) electrons. The van der Waals surface area contributed by atoms with Crippen molar-refractivity contribution in [1.82, 2.24) is 39.6 Å². The standard InChI is InChI=1S/C22H25F2N3O2S.C21H23F3N4O2S.C21H24F2N4O2S/c1-30(29)13-8-16(9-14-30)22(28)27-12-11-26(20-7-2-3-10-25-20)15-19(27)17-5-4-6-18(23)21(17)24;1-31(30)9-5-14(6-10-31)20(29)28-8-7-27(21-25-11-15(22)12-26-21)13-18(28)16-3-2-4-17(23)19(16)24;1-30(29)12-6-15(7-13-30)20(28)27-11-10-26(21-24-8-3-9-25-21)14-18(27)16-4-2-5-17(22)19(16)23/h2-7,10,16,19H,1,8-9,11-15H2;2-4,11-12,14,18H,1,5-10,13H2;2-5,8-9,15,18H,1,6-7,10-14H2. The van der Waals surface area contributed by atoms with Crippen molar-refractivity contribution >= 4 is 81.6 Å². The van der Waals surface area contributed by atoms with Crippen LogP contribution in [0.2, 0.25) is 0 Å². The number of benzene rings is 3. The normalized spacial score (nSPS) is 27.0. The molecule has 3 atom stereocenters. The number of hydrogen-bond donors (Lipinski definition) is 0. The smallest absolute Gasteiger partial charge is 0.226 e. The largest absolute Gasteiger partial charge is 0.352 e. The lowest BCUT2D eigenvalue weighted by Crippen LogP contribution is -2.53. The zero-order valence-electron chi connectivity index (χ0n) is 50.1. The van der Waals surface area contributed by atoms with Gasteiger partial charge in [-0.1, -0.05) is 42.5 Å². The first-order valence-electron chi connectivity index (χ1n) is 30.1. The lowest BCUT2D eigenvalue weighted by Gasteiger charge is -2.44. The summed E-state index contributed by atoms with van der Waals surface area (Å²) in [6.45, 7) is 3.09. The summed E-state index contributed by atoms with van der Waals surface area (Å²) in [5.74, 6) is 7.64. The van der Waals surface area contributed by atoms with Gasteiger partial charge in [-0.25, -0.2) is 55.7 Å². The molecule has 91 heavy (non-hydrogen) atoms. The van der Waals surface area contributed by atoms with E-state index in [1.165, 1.54) is 36.4 Å². The quantitative estimate of drug-likeness (QED) is 0.102. The highest BCUT2D eigenvalue weighted by atomic mass is 32.2. The molecule has 17 nitrogen and oxygen atoms in total. The van der Waals surface area contributed by atoms with Crippen LogP contribution in [0.1, 0.15) is 73.3 Å². The minimum atomic E-state index is -2.14. The van der Waals surface area contributed by atoms with Crippen molar-refractivity contribution in [3.05, 3.63) is 167 Å². The lowest BCUT2D eigenvalue weighted by molar-refractivity contribution is -0.139. The highest BCUT2D eigenvalue weighted by Crippen LogP contribution is 2.37. The highest BCUT2D eigenvalue weighted by molar-refractivity contribution is 8.00. The van der Waals surface area contributed by atoms with E-state index in [4.69, 9.17) is 0 Å². The van der Waals surface area contributed by atoms with Crippen LogP contribution in [0.15, 0.2) is 110 Å². The first-order chi connectivity index (χ1) is 43.5. The van der Waals surface area contributed by atoms with Gasteiger partial charge >= 0.3 is 0 Å². The minimum absolute atomic E-state index is 0.0666. The molecule has 3 aromatic carbocycles. The van der Waals surface area contributed by atoms with Gasteiger partial charge in [0.15, 0.2) is 40.7 Å². The van der Waals surface area contributed by atoms with Crippen molar-refractivity contribution in [3.8, 4) is 0 Å². The third-order valence-electron chi connectivity index (χ3n) is 17.8. The van der Waals surface area contributed by atoms with Crippen LogP contribution in [0.25, 0.3) is 0 Å². The predicted molar refractivity (Wildman–Crippen MR) is 340 cm³/mol. The molecule has 3 aromatic heterocycles. The van der Waals surface area contributed by atoms with Crippen molar-refractivity contribution in [2.24, 2.45) is 17.8 Å². The predicted octanol–water partition coefficient (Wildman–Crippen LogP) is 7.56. The molecule has 0 bridgehead atoms. The lowest BCUT2D eigenvalue weighted by atomic mass is 9.96. The molecule has 486 valence electrons. The molecule has 6 saturated heterocycles. The average Bonchev–Trinajstić information content (AvgIpc) is 0.944. The second kappa shape index (κ2) is 28.5. The number of halogens is 7. The fourth-order valence-corrected chi connectivity index (χ4v) is 17.5. The Morgan fingerprint density at radius 1 is 0.396 bits per heavy atom.